The van der Waals surface area contributed by atoms with Crippen molar-refractivity contribution in [2.75, 3.05) is 44.2 Å². The maximum atomic E-state index is 16.9. The normalized spacial score (nSPS) is 26.1. The van der Waals surface area contributed by atoms with Crippen LogP contribution in [0.4, 0.5) is 19.0 Å². The van der Waals surface area contributed by atoms with E-state index in [0.717, 1.165) is 32.2 Å². The van der Waals surface area contributed by atoms with Gasteiger partial charge in [0.25, 0.3) is 0 Å². The average Bonchev–Trinajstić information content (AvgIpc) is 3.58. The highest BCUT2D eigenvalue weighted by molar-refractivity contribution is 6.02. The number of phenolic OH excluding ortho intramolecular Hbond substituents is 1. The van der Waals surface area contributed by atoms with E-state index in [1.807, 2.05) is 11.8 Å². The van der Waals surface area contributed by atoms with Crippen LogP contribution in [0.5, 0.6) is 11.8 Å². The predicted octanol–water partition coefficient (Wildman–Crippen LogP) is 5.06. The van der Waals surface area contributed by atoms with Crippen molar-refractivity contribution in [3.05, 3.63) is 47.7 Å². The number of alkyl halides is 1. The van der Waals surface area contributed by atoms with Crippen molar-refractivity contribution in [2.24, 2.45) is 5.41 Å². The van der Waals surface area contributed by atoms with Gasteiger partial charge in [0, 0.05) is 44.4 Å². The molecule has 2 unspecified atom stereocenters. The van der Waals surface area contributed by atoms with Crippen LogP contribution in [0.1, 0.15) is 44.6 Å². The van der Waals surface area contributed by atoms with Gasteiger partial charge >= 0.3 is 6.01 Å². The van der Waals surface area contributed by atoms with Crippen LogP contribution in [0.3, 0.4) is 0 Å². The number of aromatic nitrogens is 3. The van der Waals surface area contributed by atoms with Crippen LogP contribution in [0.15, 0.2) is 30.5 Å². The molecule has 2 aromatic heterocycles. The molecule has 0 radical (unpaired) electrons. The van der Waals surface area contributed by atoms with Crippen molar-refractivity contribution in [3.63, 3.8) is 0 Å². The molecule has 4 saturated heterocycles. The zero-order chi connectivity index (χ0) is 31.8. The summed E-state index contributed by atoms with van der Waals surface area (Å²) in [6.07, 6.45) is 4.51. The van der Waals surface area contributed by atoms with Gasteiger partial charge in [0.15, 0.2) is 5.82 Å². The van der Waals surface area contributed by atoms with Gasteiger partial charge in [-0.2, -0.15) is 9.97 Å². The number of rotatable bonds is 6. The fourth-order valence-corrected chi connectivity index (χ4v) is 8.25. The minimum atomic E-state index is -0.934. The quantitative estimate of drug-likeness (QED) is 0.285. The summed E-state index contributed by atoms with van der Waals surface area (Å²) in [6.45, 7) is 4.72. The molecule has 9 nitrogen and oxygen atoms in total. The first kappa shape index (κ1) is 29.2. The lowest BCUT2D eigenvalue weighted by atomic mass is 9.74. The highest BCUT2D eigenvalue weighted by Crippen LogP contribution is 2.43. The Bertz CT molecular complexity index is 1910. The number of β-lactam (4-membered cyclic amide) rings is 1. The second-order valence-corrected chi connectivity index (χ2v) is 13.3. The summed E-state index contributed by atoms with van der Waals surface area (Å²) in [5.74, 6) is -0.887. The van der Waals surface area contributed by atoms with Crippen molar-refractivity contribution in [2.45, 2.75) is 57.2 Å². The highest BCUT2D eigenvalue weighted by Gasteiger charge is 2.50. The summed E-state index contributed by atoms with van der Waals surface area (Å²) in [7, 11) is 0. The van der Waals surface area contributed by atoms with E-state index < -0.39 is 28.8 Å². The van der Waals surface area contributed by atoms with Gasteiger partial charge in [0.2, 0.25) is 5.91 Å². The number of hydrogen-bond acceptors (Lipinski definition) is 8. The molecule has 8 rings (SSSR count). The number of benzene rings is 2. The van der Waals surface area contributed by atoms with Crippen LogP contribution in [-0.4, -0.2) is 81.9 Å². The first-order valence-corrected chi connectivity index (χ1v) is 16.1. The number of aryl methyl sites for hydroxylation is 1. The number of ether oxygens (including phenoxy) is 1. The van der Waals surface area contributed by atoms with Gasteiger partial charge < -0.3 is 20.1 Å². The topological polar surface area (TPSA) is 104 Å². The molecular weight excluding hydrogens is 597 g/mol. The van der Waals surface area contributed by atoms with Crippen LogP contribution < -0.4 is 15.0 Å². The molecule has 0 bridgehead atoms. The van der Waals surface area contributed by atoms with Gasteiger partial charge in [-0.15, -0.1) is 0 Å². The standard InChI is InChI=1S/C34H35F3N6O3/c1-2-22-25(36)6-5-19-11-21(44)12-23(26(19)22)28-27(37)29-24(14-38-28)30(42-9-3-7-33(17-42)16-39-31(33)45)41-32(40-29)46-18-34-8-4-10-43(34)15-20(35)13-34/h5-6,11-12,14,20,44H,2-4,7-10,13,15-18H2,1H3,(H,39,45)/t20-,33?,34?/m1/s1. The minimum Gasteiger partial charge on any atom is -0.508 e. The SMILES string of the molecule is CCc1c(F)ccc2cc(O)cc(-c3ncc4c(N5CCCC6(CNC6=O)C5)nc(OCC56CCCN5C[C@H](F)C6)nc4c3F)c12. The van der Waals surface area contributed by atoms with Crippen molar-refractivity contribution in [1.82, 2.24) is 25.2 Å². The fraction of sp³-hybridized carbons (Fsp3) is 0.471. The summed E-state index contributed by atoms with van der Waals surface area (Å²) in [4.78, 5) is 30.5. The van der Waals surface area contributed by atoms with Crippen molar-refractivity contribution in [3.8, 4) is 23.0 Å². The Morgan fingerprint density at radius 1 is 1.15 bits per heavy atom. The number of carbonyl (C=O) groups excluding carboxylic acids is 1. The van der Waals surface area contributed by atoms with Crippen molar-refractivity contribution < 1.29 is 27.8 Å². The Labute approximate surface area is 263 Å². The van der Waals surface area contributed by atoms with Crippen molar-refractivity contribution >= 4 is 33.4 Å². The molecule has 4 aromatic rings. The third kappa shape index (κ3) is 4.47. The van der Waals surface area contributed by atoms with E-state index in [1.54, 1.807) is 6.07 Å². The van der Waals surface area contributed by atoms with Crippen LogP contribution in [-0.2, 0) is 11.2 Å². The average molecular weight is 633 g/mol. The third-order valence-electron chi connectivity index (χ3n) is 10.6. The minimum absolute atomic E-state index is 0.00390. The molecule has 0 aliphatic carbocycles. The molecule has 1 amide bonds. The van der Waals surface area contributed by atoms with Gasteiger partial charge in [0.05, 0.1) is 16.3 Å². The number of amides is 1. The molecule has 2 aromatic carbocycles. The monoisotopic (exact) mass is 632 g/mol. The van der Waals surface area contributed by atoms with E-state index in [-0.39, 0.29) is 41.0 Å². The summed E-state index contributed by atoms with van der Waals surface area (Å²) >= 11 is 0. The number of pyridine rings is 1. The number of phenols is 1. The lowest BCUT2D eigenvalue weighted by Crippen LogP contribution is -2.65. The van der Waals surface area contributed by atoms with E-state index >= 15 is 4.39 Å². The van der Waals surface area contributed by atoms with E-state index in [0.29, 0.717) is 66.6 Å². The smallest absolute Gasteiger partial charge is 0.319 e. The number of nitrogens with one attached hydrogen (secondary N) is 1. The first-order valence-electron chi connectivity index (χ1n) is 16.1. The van der Waals surface area contributed by atoms with Gasteiger partial charge in [-0.05, 0) is 73.2 Å². The number of piperidine rings is 1. The van der Waals surface area contributed by atoms with E-state index in [9.17, 15) is 18.7 Å². The van der Waals surface area contributed by atoms with E-state index in [2.05, 4.69) is 20.2 Å². The van der Waals surface area contributed by atoms with Crippen LogP contribution >= 0.6 is 0 Å². The maximum Gasteiger partial charge on any atom is 0.319 e. The van der Waals surface area contributed by atoms with Crippen molar-refractivity contribution in [1.29, 1.82) is 0 Å². The number of aromatic hydroxyl groups is 1. The zero-order valence-electron chi connectivity index (χ0n) is 25.6. The lowest BCUT2D eigenvalue weighted by molar-refractivity contribution is -0.140. The molecule has 4 aliphatic rings. The van der Waals surface area contributed by atoms with Crippen LogP contribution in [0.25, 0.3) is 32.9 Å². The molecule has 12 heteroatoms. The van der Waals surface area contributed by atoms with E-state index in [1.165, 1.54) is 24.4 Å². The molecule has 1 spiro atoms. The Hall–Kier alpha value is -4.19. The highest BCUT2D eigenvalue weighted by atomic mass is 19.1. The molecule has 0 saturated carbocycles. The lowest BCUT2D eigenvalue weighted by Gasteiger charge is -2.47. The largest absolute Gasteiger partial charge is 0.508 e. The molecule has 240 valence electrons. The van der Waals surface area contributed by atoms with Gasteiger partial charge in [-0.25, -0.2) is 13.2 Å². The fourth-order valence-electron chi connectivity index (χ4n) is 8.25. The van der Waals surface area contributed by atoms with Crippen LogP contribution in [0, 0.1) is 17.0 Å². The second-order valence-electron chi connectivity index (χ2n) is 13.3. The Morgan fingerprint density at radius 2 is 2.00 bits per heavy atom. The number of fused-ring (bicyclic) bond motifs is 3. The summed E-state index contributed by atoms with van der Waals surface area (Å²) < 4.78 is 52.5. The molecule has 3 atom stereocenters. The third-order valence-corrected chi connectivity index (χ3v) is 10.6. The number of nitrogens with zero attached hydrogens (tertiary/aromatic N) is 5. The van der Waals surface area contributed by atoms with E-state index in [4.69, 9.17) is 9.72 Å². The predicted molar refractivity (Wildman–Crippen MR) is 167 cm³/mol. The maximum absolute atomic E-state index is 16.9. The Morgan fingerprint density at radius 3 is 2.78 bits per heavy atom. The number of carbonyl (C=O) groups is 1. The summed E-state index contributed by atoms with van der Waals surface area (Å²) in [5, 5.41) is 14.8. The second kappa shape index (κ2) is 10.7. The summed E-state index contributed by atoms with van der Waals surface area (Å²) in [6, 6.07) is 5.76. The van der Waals surface area contributed by atoms with Crippen LogP contribution in [0.2, 0.25) is 0 Å². The zero-order valence-corrected chi connectivity index (χ0v) is 25.6. The number of anilines is 1. The van der Waals surface area contributed by atoms with Gasteiger partial charge in [-0.1, -0.05) is 13.0 Å². The Kier molecular flexibility index (Phi) is 6.79. The molecule has 2 N–H and O–H groups in total. The number of halogens is 3. The molecule has 4 fully saturated rings. The Balaban J connectivity index is 1.27. The van der Waals surface area contributed by atoms with Gasteiger partial charge in [-0.3, -0.25) is 14.7 Å². The van der Waals surface area contributed by atoms with Gasteiger partial charge in [0.1, 0.15) is 41.4 Å². The molecular formula is C34H35F3N6O3. The molecule has 6 heterocycles. The molecule has 46 heavy (non-hydrogen) atoms. The number of hydrogen-bond donors (Lipinski definition) is 2. The summed E-state index contributed by atoms with van der Waals surface area (Å²) in [5.41, 5.74) is -0.482. The first-order chi connectivity index (χ1) is 22.2. The molecule has 4 aliphatic heterocycles.